The van der Waals surface area contributed by atoms with E-state index in [2.05, 4.69) is 0 Å². The van der Waals surface area contributed by atoms with Crippen LogP contribution in [0.4, 0.5) is 5.69 Å². The first kappa shape index (κ1) is 15.2. The van der Waals surface area contributed by atoms with Crippen molar-refractivity contribution in [2.24, 2.45) is 0 Å². The normalized spacial score (nSPS) is 11.1. The summed E-state index contributed by atoms with van der Waals surface area (Å²) < 4.78 is 33.9. The molecule has 2 aromatic rings. The van der Waals surface area contributed by atoms with E-state index in [1.165, 1.54) is 12.1 Å². The number of anilines is 1. The summed E-state index contributed by atoms with van der Waals surface area (Å²) in [6.07, 6.45) is 1.13. The van der Waals surface area contributed by atoms with Gasteiger partial charge in [-0.3, -0.25) is 0 Å². The van der Waals surface area contributed by atoms with Crippen LogP contribution in [0.25, 0.3) is 0 Å². The molecule has 0 bridgehead atoms. The van der Waals surface area contributed by atoms with E-state index in [4.69, 9.17) is 15.2 Å². The molecule has 0 aliphatic carbocycles. The Morgan fingerprint density at radius 2 is 1.67 bits per heavy atom. The van der Waals surface area contributed by atoms with Crippen molar-refractivity contribution >= 4 is 15.5 Å². The van der Waals surface area contributed by atoms with Crippen LogP contribution in [-0.4, -0.2) is 21.3 Å². The van der Waals surface area contributed by atoms with Crippen LogP contribution in [0.3, 0.4) is 0 Å². The Morgan fingerprint density at radius 1 is 1.05 bits per heavy atom. The molecule has 0 spiro atoms. The topological polar surface area (TPSA) is 78.6 Å². The van der Waals surface area contributed by atoms with Gasteiger partial charge in [0.05, 0.1) is 17.2 Å². The maximum Gasteiger partial charge on any atom is 0.175 e. The van der Waals surface area contributed by atoms with Gasteiger partial charge in [0.2, 0.25) is 0 Å². The number of rotatable bonds is 5. The van der Waals surface area contributed by atoms with Crippen LogP contribution in [0.15, 0.2) is 47.4 Å². The fraction of sp³-hybridized carbons (Fsp3) is 0.200. The summed E-state index contributed by atoms with van der Waals surface area (Å²) in [6, 6.07) is 11.5. The van der Waals surface area contributed by atoms with E-state index in [-0.39, 0.29) is 10.6 Å². The lowest BCUT2D eigenvalue weighted by atomic mass is 10.3. The largest absolute Gasteiger partial charge is 0.494 e. The molecule has 2 rings (SSSR count). The van der Waals surface area contributed by atoms with E-state index in [1.54, 1.807) is 30.3 Å². The molecule has 5 nitrogen and oxygen atoms in total. The molecule has 0 heterocycles. The molecule has 0 saturated carbocycles. The van der Waals surface area contributed by atoms with E-state index in [0.29, 0.717) is 18.1 Å². The second-order valence-corrected chi connectivity index (χ2v) is 6.49. The van der Waals surface area contributed by atoms with Gasteiger partial charge in [0.25, 0.3) is 0 Å². The van der Waals surface area contributed by atoms with Crippen molar-refractivity contribution in [1.82, 2.24) is 0 Å². The third-order valence-corrected chi connectivity index (χ3v) is 3.88. The van der Waals surface area contributed by atoms with Crippen molar-refractivity contribution in [3.05, 3.63) is 42.5 Å². The third kappa shape index (κ3) is 3.88. The Balaban J connectivity index is 2.20. The first-order chi connectivity index (χ1) is 9.90. The maximum atomic E-state index is 11.4. The fourth-order valence-electron chi connectivity index (χ4n) is 1.75. The summed E-state index contributed by atoms with van der Waals surface area (Å²) in [7, 11) is -3.28. The molecule has 0 aromatic heterocycles. The lowest BCUT2D eigenvalue weighted by molar-refractivity contribution is 0.339. The highest BCUT2D eigenvalue weighted by atomic mass is 32.2. The number of hydrogen-bond acceptors (Lipinski definition) is 5. The highest BCUT2D eigenvalue weighted by Crippen LogP contribution is 2.30. The van der Waals surface area contributed by atoms with Crippen LogP contribution in [0, 0.1) is 0 Å². The van der Waals surface area contributed by atoms with Gasteiger partial charge in [-0.2, -0.15) is 0 Å². The number of benzene rings is 2. The molecule has 0 fully saturated rings. The average Bonchev–Trinajstić information content (AvgIpc) is 2.42. The van der Waals surface area contributed by atoms with Gasteiger partial charge < -0.3 is 15.2 Å². The van der Waals surface area contributed by atoms with Gasteiger partial charge in [-0.1, -0.05) is 0 Å². The van der Waals surface area contributed by atoms with E-state index in [1.807, 2.05) is 6.92 Å². The summed E-state index contributed by atoms with van der Waals surface area (Å²) in [6.45, 7) is 2.51. The summed E-state index contributed by atoms with van der Waals surface area (Å²) in [5.74, 6) is 1.76. The number of nitrogens with two attached hydrogens (primary N) is 1. The van der Waals surface area contributed by atoms with Gasteiger partial charge in [-0.05, 0) is 49.4 Å². The van der Waals surface area contributed by atoms with Crippen molar-refractivity contribution in [3.63, 3.8) is 0 Å². The zero-order chi connectivity index (χ0) is 15.5. The number of hydrogen-bond donors (Lipinski definition) is 1. The summed E-state index contributed by atoms with van der Waals surface area (Å²) in [4.78, 5) is 0.166. The molecule has 0 unspecified atom stereocenters. The van der Waals surface area contributed by atoms with Gasteiger partial charge in [-0.15, -0.1) is 0 Å². The molecule has 0 radical (unpaired) electrons. The maximum absolute atomic E-state index is 11.4. The highest BCUT2D eigenvalue weighted by molar-refractivity contribution is 7.90. The summed E-state index contributed by atoms with van der Waals surface area (Å²) >= 11 is 0. The molecule has 2 N–H and O–H groups in total. The molecule has 112 valence electrons. The minimum Gasteiger partial charge on any atom is -0.494 e. The van der Waals surface area contributed by atoms with Crippen molar-refractivity contribution in [1.29, 1.82) is 0 Å². The standard InChI is InChI=1S/C15H17NO4S/c1-3-19-11-4-6-12(7-5-11)20-15-9-8-13(10-14(15)16)21(2,17)18/h4-10H,3,16H2,1-2H3. The van der Waals surface area contributed by atoms with E-state index in [0.717, 1.165) is 12.0 Å². The Kier molecular flexibility index (Phi) is 4.37. The zero-order valence-corrected chi connectivity index (χ0v) is 12.7. The van der Waals surface area contributed by atoms with Crippen molar-refractivity contribution in [2.45, 2.75) is 11.8 Å². The number of sulfone groups is 1. The molecule has 0 aliphatic rings. The summed E-state index contributed by atoms with van der Waals surface area (Å²) in [5.41, 5.74) is 6.10. The lowest BCUT2D eigenvalue weighted by Gasteiger charge is -2.10. The van der Waals surface area contributed by atoms with Crippen LogP contribution in [0.5, 0.6) is 17.2 Å². The van der Waals surface area contributed by atoms with E-state index < -0.39 is 9.84 Å². The van der Waals surface area contributed by atoms with Crippen LogP contribution in [0.1, 0.15) is 6.92 Å². The Morgan fingerprint density at radius 3 is 2.19 bits per heavy atom. The monoisotopic (exact) mass is 307 g/mol. The molecular formula is C15H17NO4S. The minimum atomic E-state index is -3.28. The minimum absolute atomic E-state index is 0.166. The molecule has 0 saturated heterocycles. The summed E-state index contributed by atoms with van der Waals surface area (Å²) in [5, 5.41) is 0. The molecule has 2 aromatic carbocycles. The molecule has 0 atom stereocenters. The SMILES string of the molecule is CCOc1ccc(Oc2ccc(S(C)(=O)=O)cc2N)cc1. The van der Waals surface area contributed by atoms with Gasteiger partial charge in [-0.25, -0.2) is 8.42 Å². The first-order valence-electron chi connectivity index (χ1n) is 6.40. The first-order valence-corrected chi connectivity index (χ1v) is 8.29. The van der Waals surface area contributed by atoms with Gasteiger partial charge >= 0.3 is 0 Å². The van der Waals surface area contributed by atoms with Crippen molar-refractivity contribution < 1.29 is 17.9 Å². The molecule has 0 amide bonds. The Bertz CT molecular complexity index is 724. The van der Waals surface area contributed by atoms with Crippen LogP contribution in [0.2, 0.25) is 0 Å². The van der Waals surface area contributed by atoms with Crippen LogP contribution < -0.4 is 15.2 Å². The lowest BCUT2D eigenvalue weighted by Crippen LogP contribution is -2.00. The second-order valence-electron chi connectivity index (χ2n) is 4.48. The van der Waals surface area contributed by atoms with Gasteiger partial charge in [0.15, 0.2) is 9.84 Å². The number of nitrogen functional groups attached to an aromatic ring is 1. The molecule has 0 aliphatic heterocycles. The van der Waals surface area contributed by atoms with Crippen molar-refractivity contribution in [3.8, 4) is 17.2 Å². The fourth-order valence-corrected chi connectivity index (χ4v) is 2.40. The quantitative estimate of drug-likeness (QED) is 0.859. The van der Waals surface area contributed by atoms with Crippen molar-refractivity contribution in [2.75, 3.05) is 18.6 Å². The van der Waals surface area contributed by atoms with Crippen LogP contribution in [-0.2, 0) is 9.84 Å². The number of ether oxygens (including phenoxy) is 2. The van der Waals surface area contributed by atoms with Gasteiger partial charge in [0.1, 0.15) is 17.2 Å². The highest BCUT2D eigenvalue weighted by Gasteiger charge is 2.10. The molecule has 21 heavy (non-hydrogen) atoms. The average molecular weight is 307 g/mol. The molecular weight excluding hydrogens is 290 g/mol. The van der Waals surface area contributed by atoms with Crippen LogP contribution >= 0.6 is 0 Å². The molecule has 6 heteroatoms. The second kappa shape index (κ2) is 6.05. The van der Waals surface area contributed by atoms with E-state index >= 15 is 0 Å². The predicted octanol–water partition coefficient (Wildman–Crippen LogP) is 2.86. The smallest absolute Gasteiger partial charge is 0.175 e. The Labute approximate surface area is 124 Å². The van der Waals surface area contributed by atoms with E-state index in [9.17, 15) is 8.42 Å². The van der Waals surface area contributed by atoms with Gasteiger partial charge in [0, 0.05) is 6.26 Å². The Hall–Kier alpha value is -2.21. The zero-order valence-electron chi connectivity index (χ0n) is 11.9. The predicted molar refractivity (Wildman–Crippen MR) is 81.6 cm³/mol. The third-order valence-electron chi connectivity index (χ3n) is 2.77.